The molecular weight excluding hydrogens is 609 g/mol. The summed E-state index contributed by atoms with van der Waals surface area (Å²) in [6, 6.07) is 60.4. The Morgan fingerprint density at radius 3 is 1.16 bits per heavy atom. The Bertz CT molecular complexity index is 2620. The molecule has 0 aliphatic carbocycles. The van der Waals surface area contributed by atoms with Crippen LogP contribution >= 0.6 is 0 Å². The van der Waals surface area contributed by atoms with Gasteiger partial charge in [-0.15, -0.1) is 0 Å². The summed E-state index contributed by atoms with van der Waals surface area (Å²) in [5.74, 6) is 1.81. The molecule has 0 N–H and O–H groups in total. The van der Waals surface area contributed by atoms with E-state index in [4.69, 9.17) is 9.97 Å². The van der Waals surface area contributed by atoms with Gasteiger partial charge in [0.25, 0.3) is 0 Å². The molecule has 0 radical (unpaired) electrons. The van der Waals surface area contributed by atoms with E-state index in [-0.39, 0.29) is 0 Å². The van der Waals surface area contributed by atoms with Crippen molar-refractivity contribution >= 4 is 88.2 Å². The number of hydrogen-bond donors (Lipinski definition) is 0. The summed E-state index contributed by atoms with van der Waals surface area (Å²) in [5.41, 5.74) is 4.29. The lowest BCUT2D eigenvalue weighted by molar-refractivity contribution is 1.21. The van der Waals surface area contributed by atoms with Gasteiger partial charge in [0.2, 0.25) is 0 Å². The maximum Gasteiger partial charge on any atom is 0.145 e. The van der Waals surface area contributed by atoms with E-state index in [0.29, 0.717) is 0 Å². The van der Waals surface area contributed by atoms with Gasteiger partial charge in [-0.1, -0.05) is 121 Å². The van der Waals surface area contributed by atoms with Gasteiger partial charge in [0.05, 0.1) is 11.4 Å². The van der Waals surface area contributed by atoms with Crippen molar-refractivity contribution in [3.8, 4) is 0 Å². The lowest BCUT2D eigenvalue weighted by Gasteiger charge is -2.29. The normalized spacial score (nSPS) is 11.6. The molecule has 8 aromatic carbocycles. The molecule has 0 saturated heterocycles. The van der Waals surface area contributed by atoms with Crippen LogP contribution in [0.3, 0.4) is 0 Å². The molecule has 50 heavy (non-hydrogen) atoms. The Hall–Kier alpha value is -6.78. The summed E-state index contributed by atoms with van der Waals surface area (Å²) >= 11 is 0. The van der Waals surface area contributed by atoms with Crippen molar-refractivity contribution in [2.24, 2.45) is 0 Å². The van der Waals surface area contributed by atoms with Gasteiger partial charge in [0.15, 0.2) is 0 Å². The molecule has 0 saturated carbocycles. The lowest BCUT2D eigenvalue weighted by Crippen LogP contribution is -2.13. The summed E-state index contributed by atoms with van der Waals surface area (Å²) in [6.45, 7) is 0. The number of anilines is 6. The lowest BCUT2D eigenvalue weighted by atomic mass is 9.91. The fourth-order valence-corrected chi connectivity index (χ4v) is 7.63. The van der Waals surface area contributed by atoms with Crippen LogP contribution in [-0.4, -0.2) is 9.97 Å². The number of pyridine rings is 2. The largest absolute Gasteiger partial charge is 0.294 e. The highest BCUT2D eigenvalue weighted by Crippen LogP contribution is 2.48. The second-order valence-corrected chi connectivity index (χ2v) is 12.6. The van der Waals surface area contributed by atoms with Crippen molar-refractivity contribution in [2.45, 2.75) is 0 Å². The van der Waals surface area contributed by atoms with Crippen LogP contribution in [0.1, 0.15) is 0 Å². The van der Waals surface area contributed by atoms with Crippen molar-refractivity contribution < 1.29 is 0 Å². The van der Waals surface area contributed by atoms with Gasteiger partial charge in [-0.25, -0.2) is 9.97 Å². The summed E-state index contributed by atoms with van der Waals surface area (Å²) in [5, 5.41) is 11.7. The fourth-order valence-electron chi connectivity index (χ4n) is 7.63. The van der Waals surface area contributed by atoms with Crippen LogP contribution in [0.15, 0.2) is 182 Å². The number of rotatable bonds is 6. The first-order chi connectivity index (χ1) is 24.8. The molecule has 0 aliphatic rings. The van der Waals surface area contributed by atoms with E-state index in [1.54, 1.807) is 0 Å². The SMILES string of the molecule is c1ccc(N(c2nccc3ccccc23)c2ccc3ccc4ccc(N(c5ccccc5)c5nccc6ccccc56)c5ccc2c3c45)cc1. The van der Waals surface area contributed by atoms with Crippen LogP contribution in [0, 0.1) is 0 Å². The first-order valence-electron chi connectivity index (χ1n) is 16.9. The number of benzene rings is 8. The van der Waals surface area contributed by atoms with Crippen molar-refractivity contribution in [2.75, 3.05) is 9.80 Å². The summed E-state index contributed by atoms with van der Waals surface area (Å²) in [7, 11) is 0. The highest BCUT2D eigenvalue weighted by Gasteiger charge is 2.24. The van der Waals surface area contributed by atoms with Crippen molar-refractivity contribution in [1.29, 1.82) is 0 Å². The van der Waals surface area contributed by atoms with E-state index in [1.807, 2.05) is 12.4 Å². The minimum absolute atomic E-state index is 0.905. The van der Waals surface area contributed by atoms with Crippen LogP contribution in [0.4, 0.5) is 34.4 Å². The zero-order valence-corrected chi connectivity index (χ0v) is 27.1. The third-order valence-electron chi connectivity index (χ3n) is 9.86. The van der Waals surface area contributed by atoms with Crippen LogP contribution < -0.4 is 9.80 Å². The highest BCUT2D eigenvalue weighted by atomic mass is 15.2. The summed E-state index contributed by atoms with van der Waals surface area (Å²) < 4.78 is 0. The molecule has 4 nitrogen and oxygen atoms in total. The second kappa shape index (κ2) is 11.4. The fraction of sp³-hybridized carbons (Fsp3) is 0. The molecule has 0 unspecified atom stereocenters. The van der Waals surface area contributed by atoms with Crippen molar-refractivity contribution in [3.63, 3.8) is 0 Å². The number of aromatic nitrogens is 2. The molecule has 2 heterocycles. The first-order valence-corrected chi connectivity index (χ1v) is 16.9. The Balaban J connectivity index is 1.27. The molecule has 0 amide bonds. The Labute approximate surface area is 289 Å². The minimum Gasteiger partial charge on any atom is -0.294 e. The number of para-hydroxylation sites is 2. The second-order valence-electron chi connectivity index (χ2n) is 12.6. The predicted octanol–water partition coefficient (Wildman–Crippen LogP) is 12.6. The van der Waals surface area contributed by atoms with Crippen molar-refractivity contribution in [3.05, 3.63) is 182 Å². The van der Waals surface area contributed by atoms with E-state index in [0.717, 1.165) is 55.9 Å². The van der Waals surface area contributed by atoms with Crippen LogP contribution in [0.5, 0.6) is 0 Å². The smallest absolute Gasteiger partial charge is 0.145 e. The monoisotopic (exact) mass is 638 g/mol. The van der Waals surface area contributed by atoms with E-state index < -0.39 is 0 Å². The standard InChI is InChI=1S/C46H30N4/c1-3-13-35(14-4-1)49(45-37-17-9-7-11-31(37)27-29-47-45)41-25-21-33-19-20-34-22-26-42(40-24-23-39(41)43(33)44(34)40)50(36-15-5-2-6-16-36)46-38-18-10-8-12-32(38)28-30-48-46/h1-30H. The Kier molecular flexibility index (Phi) is 6.46. The van der Waals surface area contributed by atoms with E-state index >= 15 is 0 Å². The molecule has 2 aromatic heterocycles. The average molecular weight is 639 g/mol. The van der Waals surface area contributed by atoms with Gasteiger partial charge in [-0.2, -0.15) is 0 Å². The van der Waals surface area contributed by atoms with Crippen LogP contribution in [0.2, 0.25) is 0 Å². The average Bonchev–Trinajstić information content (AvgIpc) is 3.19. The first kappa shape index (κ1) is 28.3. The van der Waals surface area contributed by atoms with E-state index in [1.165, 1.54) is 32.3 Å². The Morgan fingerprint density at radius 1 is 0.300 bits per heavy atom. The van der Waals surface area contributed by atoms with Gasteiger partial charge in [-0.3, -0.25) is 9.80 Å². The quantitative estimate of drug-likeness (QED) is 0.170. The molecule has 0 bridgehead atoms. The van der Waals surface area contributed by atoms with E-state index in [9.17, 15) is 0 Å². The molecule has 10 aromatic rings. The zero-order chi connectivity index (χ0) is 33.0. The number of hydrogen-bond acceptors (Lipinski definition) is 4. The van der Waals surface area contributed by atoms with Gasteiger partial charge in [-0.05, 0) is 80.8 Å². The molecule has 4 heteroatoms. The van der Waals surface area contributed by atoms with Crippen LogP contribution in [-0.2, 0) is 0 Å². The maximum atomic E-state index is 5.01. The van der Waals surface area contributed by atoms with Crippen LogP contribution in [0.25, 0.3) is 53.9 Å². The van der Waals surface area contributed by atoms with E-state index in [2.05, 4.69) is 180 Å². The summed E-state index contributed by atoms with van der Waals surface area (Å²) in [6.07, 6.45) is 3.82. The third-order valence-corrected chi connectivity index (χ3v) is 9.86. The molecule has 0 aliphatic heterocycles. The Morgan fingerprint density at radius 2 is 0.700 bits per heavy atom. The molecule has 0 fully saturated rings. The zero-order valence-electron chi connectivity index (χ0n) is 27.1. The van der Waals surface area contributed by atoms with Gasteiger partial charge in [0.1, 0.15) is 11.6 Å². The topological polar surface area (TPSA) is 32.3 Å². The van der Waals surface area contributed by atoms with Gasteiger partial charge < -0.3 is 0 Å². The third kappa shape index (κ3) is 4.39. The highest BCUT2D eigenvalue weighted by molar-refractivity contribution is 6.28. The van der Waals surface area contributed by atoms with Crippen molar-refractivity contribution in [1.82, 2.24) is 9.97 Å². The summed E-state index contributed by atoms with van der Waals surface area (Å²) in [4.78, 5) is 14.6. The number of nitrogens with zero attached hydrogens (tertiary/aromatic N) is 4. The molecule has 0 atom stereocenters. The van der Waals surface area contributed by atoms with Gasteiger partial charge >= 0.3 is 0 Å². The predicted molar refractivity (Wildman–Crippen MR) is 210 cm³/mol. The number of fused-ring (bicyclic) bond motifs is 2. The molecule has 10 rings (SSSR count). The minimum atomic E-state index is 0.905. The molecule has 0 spiro atoms. The van der Waals surface area contributed by atoms with Gasteiger partial charge in [0, 0.05) is 45.3 Å². The molecular formula is C46H30N4. The molecule has 234 valence electrons. The maximum absolute atomic E-state index is 5.01.